The van der Waals surface area contributed by atoms with E-state index in [-0.39, 0.29) is 62.4 Å². The van der Waals surface area contributed by atoms with Crippen LogP contribution in [0.15, 0.2) is 36.4 Å². The zero-order valence-electron chi connectivity index (χ0n) is 40.8. The van der Waals surface area contributed by atoms with Crippen LogP contribution >= 0.6 is 0 Å². The van der Waals surface area contributed by atoms with E-state index < -0.39 is 7.54 Å². The van der Waals surface area contributed by atoms with E-state index >= 15 is 0 Å². The molecule has 2 atom stereocenters. The Bertz CT molecular complexity index is 1850. The van der Waals surface area contributed by atoms with Crippen molar-refractivity contribution in [3.63, 3.8) is 0 Å². The van der Waals surface area contributed by atoms with Crippen molar-refractivity contribution in [1.82, 2.24) is 0 Å². The van der Waals surface area contributed by atoms with Gasteiger partial charge in [-0.3, -0.25) is 0 Å². The van der Waals surface area contributed by atoms with E-state index in [0.717, 1.165) is 39.3 Å². The molecule has 3 saturated heterocycles. The quantitative estimate of drug-likeness (QED) is 0.195. The van der Waals surface area contributed by atoms with Crippen LogP contribution in [0.5, 0.6) is 0 Å². The van der Waals surface area contributed by atoms with Crippen LogP contribution in [0, 0.1) is 33.3 Å². The third-order valence-electron chi connectivity index (χ3n) is 13.4. The fourth-order valence-electron chi connectivity index (χ4n) is 11.5. The van der Waals surface area contributed by atoms with Gasteiger partial charge in [-0.1, -0.05) is 0 Å². The summed E-state index contributed by atoms with van der Waals surface area (Å²) in [6, 6.07) is 13.8. The number of benzene rings is 2. The summed E-state index contributed by atoms with van der Waals surface area (Å²) in [7, 11) is 0. The van der Waals surface area contributed by atoms with Gasteiger partial charge in [0.1, 0.15) is 0 Å². The number of ether oxygens (including phenoxy) is 2. The van der Waals surface area contributed by atoms with Gasteiger partial charge in [-0.15, -0.1) is 0 Å². The molecule has 5 aliphatic rings. The van der Waals surface area contributed by atoms with Crippen molar-refractivity contribution in [1.29, 1.82) is 10.5 Å². The van der Waals surface area contributed by atoms with Gasteiger partial charge < -0.3 is 9.47 Å². The summed E-state index contributed by atoms with van der Waals surface area (Å²) < 4.78 is 12.2. The van der Waals surface area contributed by atoms with Crippen molar-refractivity contribution >= 4 is 70.7 Å². The van der Waals surface area contributed by atoms with E-state index in [1.165, 1.54) is 70.5 Å². The summed E-state index contributed by atoms with van der Waals surface area (Å²) in [5.74, 6) is 7.78. The van der Waals surface area contributed by atoms with Crippen LogP contribution in [0.4, 0.5) is 11.4 Å². The first-order chi connectivity index (χ1) is 28.4. The predicted molar refractivity (Wildman–Crippen MR) is 264 cm³/mol. The zero-order chi connectivity index (χ0) is 45.3. The second kappa shape index (κ2) is 19.5. The average molecular weight is 1030 g/mol. The Balaban J connectivity index is 0.000000615. The Morgan fingerprint density at radius 1 is 0.525 bits per heavy atom. The second-order valence-electron chi connectivity index (χ2n) is 22.0. The summed E-state index contributed by atoms with van der Waals surface area (Å²) in [5, 5.41) is 23.5. The van der Waals surface area contributed by atoms with Gasteiger partial charge in [0.2, 0.25) is 0 Å². The molecule has 0 amide bonds. The third kappa shape index (κ3) is 10.1. The molecule has 5 heterocycles. The van der Waals surface area contributed by atoms with E-state index in [4.69, 9.17) is 9.47 Å². The van der Waals surface area contributed by atoms with Gasteiger partial charge in [0.05, 0.1) is 0 Å². The van der Waals surface area contributed by atoms with Gasteiger partial charge in [0.15, 0.2) is 0 Å². The molecule has 0 saturated carbocycles. The number of nitrogens with zero attached hydrogens (tertiary/aromatic N) is 4. The molecule has 334 valence electrons. The van der Waals surface area contributed by atoms with Gasteiger partial charge in [0.25, 0.3) is 0 Å². The van der Waals surface area contributed by atoms with Gasteiger partial charge in [0, 0.05) is 26.4 Å². The van der Waals surface area contributed by atoms with Crippen molar-refractivity contribution in [2.24, 2.45) is 10.8 Å². The van der Waals surface area contributed by atoms with Crippen LogP contribution in [0.25, 0.3) is 0 Å². The molecule has 2 aromatic rings. The Morgan fingerprint density at radius 2 is 0.803 bits per heavy atom. The predicted octanol–water partition coefficient (Wildman–Crippen LogP) is 11.2. The van der Waals surface area contributed by atoms with E-state index in [0.29, 0.717) is 23.7 Å². The van der Waals surface area contributed by atoms with E-state index in [2.05, 4.69) is 168 Å². The summed E-state index contributed by atoms with van der Waals surface area (Å²) in [6.07, 6.45) is 7.11. The SMILES string of the molecule is C1CCOC1.C1CCOC1.CC(C)c1cccc(C(C)C)c1[N+]1=C([B@@-]2(C#N)[Se][Se][B@-](C#N)(C3=[N+](c4c(C(C)C)cccc4C(C)C)C(C)(C)CC3(C)C)[Se]2)C(C)(C)CC1(C)C. The van der Waals surface area contributed by atoms with Gasteiger partial charge >= 0.3 is 330 Å². The van der Waals surface area contributed by atoms with Gasteiger partial charge in [-0.25, -0.2) is 0 Å². The molecule has 11 heteroatoms. The molecule has 0 unspecified atom stereocenters. The molecule has 0 aliphatic carbocycles. The fourth-order valence-corrected chi connectivity index (χ4v) is 41.4. The molecule has 6 nitrogen and oxygen atoms in total. The molecule has 61 heavy (non-hydrogen) atoms. The third-order valence-corrected chi connectivity index (χ3v) is 37.6. The second-order valence-corrected chi connectivity index (χ2v) is 36.6. The number of para-hydroxylation sites is 2. The fraction of sp³-hybridized carbons (Fsp3) is 0.680. The molecule has 0 N–H and O–H groups in total. The van der Waals surface area contributed by atoms with Crippen LogP contribution < -0.4 is 0 Å². The zero-order valence-corrected chi connectivity index (χ0v) is 46.0. The van der Waals surface area contributed by atoms with E-state index in [1.54, 1.807) is 0 Å². The van der Waals surface area contributed by atoms with Crippen molar-refractivity contribution in [3.05, 3.63) is 58.7 Å². The van der Waals surface area contributed by atoms with E-state index in [1.807, 2.05) is 0 Å². The molecule has 5 aliphatic heterocycles. The van der Waals surface area contributed by atoms with Crippen LogP contribution in [0.3, 0.4) is 0 Å². The minimum absolute atomic E-state index is 0.0629. The summed E-state index contributed by atoms with van der Waals surface area (Å²) >= 11 is -0.0452. The van der Waals surface area contributed by atoms with Crippen LogP contribution in [-0.4, -0.2) is 106 Å². The number of hydrogen-bond donors (Lipinski definition) is 0. The molecular weight excluding hydrogens is 947 g/mol. The summed E-state index contributed by atoms with van der Waals surface area (Å²) in [4.78, 5) is 0. The first kappa shape index (κ1) is 50.4. The van der Waals surface area contributed by atoms with Crippen molar-refractivity contribution < 1.29 is 18.6 Å². The van der Waals surface area contributed by atoms with Crippen LogP contribution in [0.1, 0.15) is 195 Å². The molecule has 0 radical (unpaired) electrons. The maximum atomic E-state index is 11.8. The van der Waals surface area contributed by atoms with Crippen LogP contribution in [-0.2, 0) is 9.47 Å². The Labute approximate surface area is 389 Å². The summed E-state index contributed by atoms with van der Waals surface area (Å²) in [6.45, 7) is 41.8. The molecule has 3 fully saturated rings. The molecule has 2 aromatic carbocycles. The van der Waals surface area contributed by atoms with Gasteiger partial charge in [-0.05, 0) is 25.7 Å². The van der Waals surface area contributed by atoms with Crippen LogP contribution in [0.2, 0.25) is 0 Å². The molecule has 0 bridgehead atoms. The standard InChI is InChI=1S/C42H62B2N4Se3.2C4H8O/c1-27(2)31-19-17-20-32(28(3)4)35(31)47-37(39(9,10)23-41(47,13)14)43(25-45)49-44(26-46,51-50-43)38-40(11,12)24-42(15,16)48(38)36-33(29(5)6)21-18-22-34(36)30(7)8;2*1-2-4-5-3-1/h17-22,27-30H,23-24H2,1-16H3;2*1-4H2/t43-,44-;;/m1../s1. The first-order valence-corrected chi connectivity index (χ1v) is 31.7. The van der Waals surface area contributed by atoms with Crippen molar-refractivity contribution in [2.45, 2.75) is 184 Å². The number of nitriles is 2. The molecule has 7 rings (SSSR count). The first-order valence-electron chi connectivity index (χ1n) is 23.4. The Morgan fingerprint density at radius 3 is 1.02 bits per heavy atom. The Kier molecular flexibility index (Phi) is 16.1. The van der Waals surface area contributed by atoms with Gasteiger partial charge in [-0.2, -0.15) is 0 Å². The number of rotatable bonds is 8. The number of hydrogen-bond acceptors (Lipinski definition) is 4. The topological polar surface area (TPSA) is 72.1 Å². The average Bonchev–Trinajstić information content (AvgIpc) is 4.02. The van der Waals surface area contributed by atoms with Crippen molar-refractivity contribution in [2.75, 3.05) is 26.4 Å². The summed E-state index contributed by atoms with van der Waals surface area (Å²) in [5.41, 5.74) is 10.3. The van der Waals surface area contributed by atoms with E-state index in [9.17, 15) is 10.5 Å². The Hall–Kier alpha value is -1.63. The molecule has 0 aromatic heterocycles. The van der Waals surface area contributed by atoms with Crippen molar-refractivity contribution in [3.8, 4) is 11.9 Å². The molecular formula is C50H78B2N4O2Se3. The monoisotopic (exact) mass is 1030 g/mol. The normalized spacial score (nSPS) is 26.1. The molecule has 0 spiro atoms. The minimum atomic E-state index is -1.56. The maximum absolute atomic E-state index is 11.8.